The molecule has 0 saturated carbocycles. The van der Waals surface area contributed by atoms with Crippen LogP contribution >= 0.6 is 0 Å². The lowest BCUT2D eigenvalue weighted by molar-refractivity contribution is -0.132. The molecule has 1 unspecified atom stereocenters. The second-order valence-corrected chi connectivity index (χ2v) is 4.83. The van der Waals surface area contributed by atoms with Crippen LogP contribution in [-0.4, -0.2) is 19.1 Å². The van der Waals surface area contributed by atoms with Crippen LogP contribution in [-0.2, 0) is 16.0 Å². The van der Waals surface area contributed by atoms with E-state index in [2.05, 4.69) is 11.2 Å². The van der Waals surface area contributed by atoms with Crippen LogP contribution in [0.25, 0.3) is 0 Å². The van der Waals surface area contributed by atoms with E-state index in [9.17, 15) is 4.79 Å². The fraction of sp³-hybridized carbons (Fsp3) is 0.211. The molecule has 3 heteroatoms. The minimum atomic E-state index is -0.673. The average molecular weight is 293 g/mol. The number of carbonyl (C=O) groups is 1. The molecular formula is C19H19NO2. The highest BCUT2D eigenvalue weighted by Crippen LogP contribution is 2.17. The third-order valence-electron chi connectivity index (χ3n) is 3.23. The summed E-state index contributed by atoms with van der Waals surface area (Å²) < 4.78 is 5.49. The number of terminal acetylenes is 1. The Morgan fingerprint density at radius 3 is 2.36 bits per heavy atom. The molecule has 0 fully saturated rings. The van der Waals surface area contributed by atoms with E-state index in [-0.39, 0.29) is 12.5 Å². The summed E-state index contributed by atoms with van der Waals surface area (Å²) in [6, 6.07) is 19.4. The van der Waals surface area contributed by atoms with Crippen LogP contribution in [0.3, 0.4) is 0 Å². The maximum atomic E-state index is 12.3. The van der Waals surface area contributed by atoms with Gasteiger partial charge >= 0.3 is 0 Å². The number of rotatable bonds is 7. The van der Waals surface area contributed by atoms with Crippen LogP contribution in [0, 0.1) is 12.3 Å². The number of carbonyl (C=O) groups excluding carboxylic acids is 1. The maximum Gasteiger partial charge on any atom is 0.253 e. The van der Waals surface area contributed by atoms with Crippen molar-refractivity contribution < 1.29 is 9.53 Å². The minimum Gasteiger partial charge on any atom is -0.353 e. The Kier molecular flexibility index (Phi) is 6.22. The summed E-state index contributed by atoms with van der Waals surface area (Å²) in [4.78, 5) is 12.3. The first-order chi connectivity index (χ1) is 10.8. The summed E-state index contributed by atoms with van der Waals surface area (Å²) in [5.41, 5.74) is 1.98. The first-order valence-corrected chi connectivity index (χ1v) is 7.23. The fourth-order valence-electron chi connectivity index (χ4n) is 2.15. The van der Waals surface area contributed by atoms with Crippen LogP contribution in [0.15, 0.2) is 60.7 Å². The molecule has 0 aliphatic rings. The zero-order valence-corrected chi connectivity index (χ0v) is 12.4. The van der Waals surface area contributed by atoms with Gasteiger partial charge in [-0.3, -0.25) is 4.79 Å². The quantitative estimate of drug-likeness (QED) is 0.797. The van der Waals surface area contributed by atoms with Crippen molar-refractivity contribution in [3.8, 4) is 12.3 Å². The number of hydrogen-bond acceptors (Lipinski definition) is 2. The van der Waals surface area contributed by atoms with Crippen molar-refractivity contribution in [2.24, 2.45) is 0 Å². The van der Waals surface area contributed by atoms with Crippen molar-refractivity contribution in [1.82, 2.24) is 5.32 Å². The van der Waals surface area contributed by atoms with E-state index in [1.54, 1.807) is 0 Å². The summed E-state index contributed by atoms with van der Waals surface area (Å²) in [5.74, 6) is 2.23. The molecule has 1 N–H and O–H groups in total. The predicted octanol–water partition coefficient (Wildman–Crippen LogP) is 2.74. The predicted molar refractivity (Wildman–Crippen MR) is 87.1 cm³/mol. The lowest BCUT2D eigenvalue weighted by Crippen LogP contribution is -2.32. The third-order valence-corrected chi connectivity index (χ3v) is 3.23. The second kappa shape index (κ2) is 8.66. The normalized spacial score (nSPS) is 11.4. The van der Waals surface area contributed by atoms with E-state index in [0.717, 1.165) is 12.0 Å². The molecule has 2 rings (SSSR count). The van der Waals surface area contributed by atoms with Crippen molar-refractivity contribution >= 4 is 5.91 Å². The molecular weight excluding hydrogens is 274 g/mol. The second-order valence-electron chi connectivity index (χ2n) is 4.83. The van der Waals surface area contributed by atoms with Gasteiger partial charge in [0, 0.05) is 6.54 Å². The van der Waals surface area contributed by atoms with E-state index < -0.39 is 6.10 Å². The first-order valence-electron chi connectivity index (χ1n) is 7.23. The largest absolute Gasteiger partial charge is 0.353 e. The Bertz CT molecular complexity index is 617. The zero-order valence-electron chi connectivity index (χ0n) is 12.4. The van der Waals surface area contributed by atoms with Gasteiger partial charge in [0.1, 0.15) is 6.61 Å². The van der Waals surface area contributed by atoms with Crippen molar-refractivity contribution in [3.63, 3.8) is 0 Å². The third kappa shape index (κ3) is 4.76. The molecule has 2 aromatic carbocycles. The molecule has 0 radical (unpaired) electrons. The van der Waals surface area contributed by atoms with E-state index in [1.807, 2.05) is 60.7 Å². The van der Waals surface area contributed by atoms with Crippen molar-refractivity contribution in [2.75, 3.05) is 13.2 Å². The Morgan fingerprint density at radius 2 is 1.73 bits per heavy atom. The molecule has 2 aromatic rings. The van der Waals surface area contributed by atoms with Gasteiger partial charge in [-0.2, -0.15) is 0 Å². The Balaban J connectivity index is 1.93. The number of hydrogen-bond donors (Lipinski definition) is 1. The van der Waals surface area contributed by atoms with Gasteiger partial charge in [0.05, 0.1) is 0 Å². The van der Waals surface area contributed by atoms with Gasteiger partial charge in [-0.15, -0.1) is 6.42 Å². The average Bonchev–Trinajstić information content (AvgIpc) is 2.57. The van der Waals surface area contributed by atoms with Gasteiger partial charge < -0.3 is 10.1 Å². The molecule has 1 atom stereocenters. The molecule has 0 aliphatic carbocycles. The van der Waals surface area contributed by atoms with Crippen LogP contribution in [0.2, 0.25) is 0 Å². The Labute approximate surface area is 131 Å². The summed E-state index contributed by atoms with van der Waals surface area (Å²) in [7, 11) is 0. The highest BCUT2D eigenvalue weighted by atomic mass is 16.5. The molecule has 22 heavy (non-hydrogen) atoms. The lowest BCUT2D eigenvalue weighted by atomic mass is 10.1. The molecule has 112 valence electrons. The lowest BCUT2D eigenvalue weighted by Gasteiger charge is -2.16. The number of benzene rings is 2. The Morgan fingerprint density at radius 1 is 1.09 bits per heavy atom. The van der Waals surface area contributed by atoms with Crippen molar-refractivity contribution in [2.45, 2.75) is 12.5 Å². The standard InChI is InChI=1S/C19H19NO2/c1-2-15-22-18(17-11-7-4-8-12-17)19(21)20-14-13-16-9-5-3-6-10-16/h1,3-12,18H,13-15H2,(H,20,21). The summed E-state index contributed by atoms with van der Waals surface area (Å²) >= 11 is 0. The SMILES string of the molecule is C#CCOC(C(=O)NCCc1ccccc1)c1ccccc1. The van der Waals surface area contributed by atoms with Crippen molar-refractivity contribution in [1.29, 1.82) is 0 Å². The zero-order chi connectivity index (χ0) is 15.6. The Hall–Kier alpha value is -2.57. The van der Waals surface area contributed by atoms with Crippen LogP contribution in [0.4, 0.5) is 0 Å². The summed E-state index contributed by atoms with van der Waals surface area (Å²) in [6.45, 7) is 0.664. The number of nitrogens with one attached hydrogen (secondary N) is 1. The molecule has 0 saturated heterocycles. The van der Waals surface area contributed by atoms with E-state index >= 15 is 0 Å². The number of ether oxygens (including phenoxy) is 1. The summed E-state index contributed by atoms with van der Waals surface area (Å²) in [6.07, 6.45) is 5.33. The molecule has 3 nitrogen and oxygen atoms in total. The molecule has 0 bridgehead atoms. The van der Waals surface area contributed by atoms with Crippen LogP contribution < -0.4 is 5.32 Å². The van der Waals surface area contributed by atoms with Gasteiger partial charge in [0.15, 0.2) is 6.10 Å². The van der Waals surface area contributed by atoms with Gasteiger partial charge in [-0.25, -0.2) is 0 Å². The number of amides is 1. The van der Waals surface area contributed by atoms with Crippen molar-refractivity contribution in [3.05, 3.63) is 71.8 Å². The van der Waals surface area contributed by atoms with Gasteiger partial charge in [-0.05, 0) is 17.5 Å². The summed E-state index contributed by atoms with van der Waals surface area (Å²) in [5, 5.41) is 2.91. The highest BCUT2D eigenvalue weighted by molar-refractivity contribution is 5.82. The molecule has 0 heterocycles. The minimum absolute atomic E-state index is 0.103. The van der Waals surface area contributed by atoms with E-state index in [0.29, 0.717) is 6.54 Å². The fourth-order valence-corrected chi connectivity index (χ4v) is 2.15. The first kappa shape index (κ1) is 15.8. The topological polar surface area (TPSA) is 38.3 Å². The van der Waals surface area contributed by atoms with Crippen LogP contribution in [0.5, 0.6) is 0 Å². The van der Waals surface area contributed by atoms with E-state index in [4.69, 9.17) is 11.2 Å². The smallest absolute Gasteiger partial charge is 0.253 e. The van der Waals surface area contributed by atoms with Gasteiger partial charge in [0.25, 0.3) is 5.91 Å². The molecule has 0 aromatic heterocycles. The monoisotopic (exact) mass is 293 g/mol. The van der Waals surface area contributed by atoms with Gasteiger partial charge in [0.2, 0.25) is 0 Å². The van der Waals surface area contributed by atoms with E-state index in [1.165, 1.54) is 5.56 Å². The maximum absolute atomic E-state index is 12.3. The highest BCUT2D eigenvalue weighted by Gasteiger charge is 2.20. The molecule has 0 aliphatic heterocycles. The van der Waals surface area contributed by atoms with Crippen LogP contribution in [0.1, 0.15) is 17.2 Å². The molecule has 0 spiro atoms. The molecule has 1 amide bonds. The van der Waals surface area contributed by atoms with Gasteiger partial charge in [-0.1, -0.05) is 66.6 Å².